The summed E-state index contributed by atoms with van der Waals surface area (Å²) in [5, 5.41) is 0. The molecular formula is C19H23N3O3. The second-order valence-electron chi connectivity index (χ2n) is 6.52. The highest BCUT2D eigenvalue weighted by molar-refractivity contribution is 5.91. The SMILES string of the molecule is C[C@@H]1CCC[C@@H](C)N1C(=O)COC(=O)c1ccc(-c2ncc[nH]2)cc1. The van der Waals surface area contributed by atoms with Gasteiger partial charge in [0.25, 0.3) is 5.91 Å². The number of ether oxygens (including phenoxy) is 1. The Bertz CT molecular complexity index is 715. The van der Waals surface area contributed by atoms with Crippen LogP contribution in [0.4, 0.5) is 0 Å². The number of H-pyrrole nitrogens is 1. The van der Waals surface area contributed by atoms with E-state index >= 15 is 0 Å². The fraction of sp³-hybridized carbons (Fsp3) is 0.421. The first kappa shape index (κ1) is 17.2. The first-order valence-electron chi connectivity index (χ1n) is 8.64. The van der Waals surface area contributed by atoms with Crippen molar-refractivity contribution in [1.29, 1.82) is 0 Å². The molecule has 0 unspecified atom stereocenters. The molecule has 132 valence electrons. The molecule has 25 heavy (non-hydrogen) atoms. The summed E-state index contributed by atoms with van der Waals surface area (Å²) in [7, 11) is 0. The van der Waals surface area contributed by atoms with Gasteiger partial charge < -0.3 is 14.6 Å². The number of hydrogen-bond acceptors (Lipinski definition) is 4. The lowest BCUT2D eigenvalue weighted by Crippen LogP contribution is -2.49. The number of esters is 1. The van der Waals surface area contributed by atoms with Crippen molar-refractivity contribution in [3.8, 4) is 11.4 Å². The second kappa shape index (κ2) is 7.51. The molecule has 1 aliphatic heterocycles. The summed E-state index contributed by atoms with van der Waals surface area (Å²) in [6, 6.07) is 7.34. The maximum absolute atomic E-state index is 12.4. The molecule has 2 heterocycles. The molecule has 0 aliphatic carbocycles. The Balaban J connectivity index is 1.58. The number of nitrogens with zero attached hydrogens (tertiary/aromatic N) is 2. The lowest BCUT2D eigenvalue weighted by Gasteiger charge is -2.38. The molecule has 1 saturated heterocycles. The quantitative estimate of drug-likeness (QED) is 0.868. The van der Waals surface area contributed by atoms with Gasteiger partial charge in [-0.2, -0.15) is 0 Å². The van der Waals surface area contributed by atoms with E-state index in [1.165, 1.54) is 0 Å². The van der Waals surface area contributed by atoms with Crippen molar-refractivity contribution >= 4 is 11.9 Å². The number of piperidine rings is 1. The number of hydrogen-bond donors (Lipinski definition) is 1. The number of aromatic amines is 1. The molecule has 1 aromatic carbocycles. The van der Waals surface area contributed by atoms with Crippen molar-refractivity contribution < 1.29 is 14.3 Å². The van der Waals surface area contributed by atoms with Crippen LogP contribution >= 0.6 is 0 Å². The third-order valence-electron chi connectivity index (χ3n) is 4.70. The highest BCUT2D eigenvalue weighted by Crippen LogP contribution is 2.22. The van der Waals surface area contributed by atoms with E-state index in [1.807, 2.05) is 18.7 Å². The third-order valence-corrected chi connectivity index (χ3v) is 4.70. The van der Waals surface area contributed by atoms with E-state index < -0.39 is 5.97 Å². The van der Waals surface area contributed by atoms with Crippen molar-refractivity contribution in [2.24, 2.45) is 0 Å². The van der Waals surface area contributed by atoms with Gasteiger partial charge >= 0.3 is 5.97 Å². The highest BCUT2D eigenvalue weighted by atomic mass is 16.5. The van der Waals surface area contributed by atoms with Crippen LogP contribution in [-0.2, 0) is 9.53 Å². The molecule has 3 rings (SSSR count). The van der Waals surface area contributed by atoms with Gasteiger partial charge in [0.15, 0.2) is 6.61 Å². The number of carbonyl (C=O) groups excluding carboxylic acids is 2. The second-order valence-corrected chi connectivity index (χ2v) is 6.52. The molecule has 2 aromatic rings. The van der Waals surface area contributed by atoms with Crippen molar-refractivity contribution in [2.75, 3.05) is 6.61 Å². The summed E-state index contributed by atoms with van der Waals surface area (Å²) in [6.45, 7) is 3.87. The summed E-state index contributed by atoms with van der Waals surface area (Å²) >= 11 is 0. The number of nitrogens with one attached hydrogen (secondary N) is 1. The zero-order chi connectivity index (χ0) is 17.8. The number of rotatable bonds is 4. The molecule has 0 spiro atoms. The molecule has 0 saturated carbocycles. The molecule has 6 heteroatoms. The van der Waals surface area contributed by atoms with E-state index in [0.29, 0.717) is 5.56 Å². The smallest absolute Gasteiger partial charge is 0.338 e. The average Bonchev–Trinajstić information content (AvgIpc) is 3.14. The normalized spacial score (nSPS) is 20.3. The molecule has 1 N–H and O–H groups in total. The van der Waals surface area contributed by atoms with E-state index in [0.717, 1.165) is 30.7 Å². The van der Waals surface area contributed by atoms with Gasteiger partial charge in [-0.05, 0) is 45.2 Å². The average molecular weight is 341 g/mol. The Morgan fingerprint density at radius 2 is 1.88 bits per heavy atom. The number of benzene rings is 1. The lowest BCUT2D eigenvalue weighted by atomic mass is 9.97. The van der Waals surface area contributed by atoms with Crippen LogP contribution in [0.3, 0.4) is 0 Å². The maximum atomic E-state index is 12.4. The molecule has 6 nitrogen and oxygen atoms in total. The Labute approximate surface area is 147 Å². The Morgan fingerprint density at radius 3 is 2.48 bits per heavy atom. The van der Waals surface area contributed by atoms with Crippen LogP contribution < -0.4 is 0 Å². The number of amides is 1. The standard InChI is InChI=1S/C19H23N3O3/c1-13-4-3-5-14(2)22(13)17(23)12-25-19(24)16-8-6-15(7-9-16)18-20-10-11-21-18/h6-11,13-14H,3-5,12H2,1-2H3,(H,20,21)/t13-,14-/m1/s1. The van der Waals surface area contributed by atoms with Crippen molar-refractivity contribution in [3.05, 3.63) is 42.2 Å². The molecule has 1 aromatic heterocycles. The summed E-state index contributed by atoms with van der Waals surface area (Å²) in [4.78, 5) is 33.6. The van der Waals surface area contributed by atoms with Gasteiger partial charge in [-0.3, -0.25) is 4.79 Å². The zero-order valence-electron chi connectivity index (χ0n) is 14.6. The summed E-state index contributed by atoms with van der Waals surface area (Å²) < 4.78 is 5.22. The fourth-order valence-electron chi connectivity index (χ4n) is 3.39. The zero-order valence-corrected chi connectivity index (χ0v) is 14.6. The molecule has 2 atom stereocenters. The summed E-state index contributed by atoms with van der Waals surface area (Å²) in [6.07, 6.45) is 6.54. The monoisotopic (exact) mass is 341 g/mol. The maximum Gasteiger partial charge on any atom is 0.338 e. The van der Waals surface area contributed by atoms with Gasteiger partial charge in [-0.25, -0.2) is 9.78 Å². The predicted molar refractivity (Wildman–Crippen MR) is 93.9 cm³/mol. The molecular weight excluding hydrogens is 318 g/mol. The molecule has 1 amide bonds. The lowest BCUT2D eigenvalue weighted by molar-refractivity contribution is -0.140. The van der Waals surface area contributed by atoms with E-state index in [2.05, 4.69) is 9.97 Å². The summed E-state index contributed by atoms with van der Waals surface area (Å²) in [5.74, 6) is 0.125. The van der Waals surface area contributed by atoms with Crippen LogP contribution in [0.5, 0.6) is 0 Å². The van der Waals surface area contributed by atoms with Crippen molar-refractivity contribution in [1.82, 2.24) is 14.9 Å². The third kappa shape index (κ3) is 3.90. The van der Waals surface area contributed by atoms with E-state index in [9.17, 15) is 9.59 Å². The van der Waals surface area contributed by atoms with Gasteiger partial charge in [0, 0.05) is 30.0 Å². The van der Waals surface area contributed by atoms with E-state index in [4.69, 9.17) is 4.74 Å². The fourth-order valence-corrected chi connectivity index (χ4v) is 3.39. The van der Waals surface area contributed by atoms with Crippen LogP contribution in [0.15, 0.2) is 36.7 Å². The number of carbonyl (C=O) groups is 2. The van der Waals surface area contributed by atoms with Crippen LogP contribution in [-0.4, -0.2) is 45.4 Å². The largest absolute Gasteiger partial charge is 0.452 e. The topological polar surface area (TPSA) is 75.3 Å². The molecule has 0 bridgehead atoms. The van der Waals surface area contributed by atoms with Gasteiger partial charge in [0.05, 0.1) is 5.56 Å². The molecule has 0 radical (unpaired) electrons. The van der Waals surface area contributed by atoms with Crippen LogP contribution in [0.25, 0.3) is 11.4 Å². The predicted octanol–water partition coefficient (Wildman–Crippen LogP) is 3.02. The van der Waals surface area contributed by atoms with Gasteiger partial charge in [0.1, 0.15) is 5.82 Å². The van der Waals surface area contributed by atoms with Gasteiger partial charge in [-0.1, -0.05) is 12.1 Å². The Hall–Kier alpha value is -2.63. The number of imidazole rings is 1. The van der Waals surface area contributed by atoms with Crippen LogP contribution in [0.1, 0.15) is 43.5 Å². The van der Waals surface area contributed by atoms with E-state index in [-0.39, 0.29) is 24.6 Å². The molecule has 1 aliphatic rings. The first-order chi connectivity index (χ1) is 12.1. The van der Waals surface area contributed by atoms with Gasteiger partial charge in [0.2, 0.25) is 0 Å². The van der Waals surface area contributed by atoms with E-state index in [1.54, 1.807) is 36.7 Å². The minimum atomic E-state index is -0.489. The minimum Gasteiger partial charge on any atom is -0.452 e. The van der Waals surface area contributed by atoms with Crippen molar-refractivity contribution in [2.45, 2.75) is 45.2 Å². The van der Waals surface area contributed by atoms with Crippen molar-refractivity contribution in [3.63, 3.8) is 0 Å². The molecule has 1 fully saturated rings. The first-order valence-corrected chi connectivity index (χ1v) is 8.64. The van der Waals surface area contributed by atoms with Crippen LogP contribution in [0.2, 0.25) is 0 Å². The van der Waals surface area contributed by atoms with Crippen LogP contribution in [0, 0.1) is 0 Å². The van der Waals surface area contributed by atoms with Gasteiger partial charge in [-0.15, -0.1) is 0 Å². The highest BCUT2D eigenvalue weighted by Gasteiger charge is 2.29. The number of likely N-dealkylation sites (tertiary alicyclic amines) is 1. The summed E-state index contributed by atoms with van der Waals surface area (Å²) in [5.41, 5.74) is 1.30. The number of aromatic nitrogens is 2. The Morgan fingerprint density at radius 1 is 1.20 bits per heavy atom. The Kier molecular flexibility index (Phi) is 5.16. The minimum absolute atomic E-state index is 0.125.